The maximum absolute atomic E-state index is 13.8. The van der Waals surface area contributed by atoms with Gasteiger partial charge >= 0.3 is 0 Å². The van der Waals surface area contributed by atoms with Crippen molar-refractivity contribution in [2.24, 2.45) is 0 Å². The van der Waals surface area contributed by atoms with Gasteiger partial charge in [0.1, 0.15) is 17.1 Å². The average Bonchev–Trinajstić information content (AvgIpc) is 3.27. The first kappa shape index (κ1) is 18.7. The molecular weight excluding hydrogens is 383 g/mol. The van der Waals surface area contributed by atoms with Crippen molar-refractivity contribution in [1.82, 2.24) is 29.9 Å². The summed E-state index contributed by atoms with van der Waals surface area (Å²) in [6.45, 7) is 2.79. The number of carbonyl (C=O) groups excluding carboxylic acids is 1. The summed E-state index contributed by atoms with van der Waals surface area (Å²) in [5.41, 5.74) is 2.29. The Kier molecular flexibility index (Phi) is 4.30. The lowest BCUT2D eigenvalue weighted by molar-refractivity contribution is 0.0922. The van der Waals surface area contributed by atoms with Crippen molar-refractivity contribution in [2.75, 3.05) is 6.54 Å². The van der Waals surface area contributed by atoms with E-state index in [9.17, 15) is 9.18 Å². The predicted octanol–water partition coefficient (Wildman–Crippen LogP) is 4.02. The summed E-state index contributed by atoms with van der Waals surface area (Å²) in [6.07, 6.45) is 10.7. The maximum Gasteiger partial charge on any atom is 0.255 e. The van der Waals surface area contributed by atoms with Crippen molar-refractivity contribution in [3.05, 3.63) is 48.3 Å². The summed E-state index contributed by atoms with van der Waals surface area (Å²) in [7, 11) is 0. The molecule has 4 heterocycles. The average molecular weight is 406 g/mol. The van der Waals surface area contributed by atoms with Gasteiger partial charge in [-0.2, -0.15) is 5.10 Å². The fourth-order valence-corrected chi connectivity index (χ4v) is 3.73. The number of aromatic nitrogens is 5. The van der Waals surface area contributed by atoms with Gasteiger partial charge < -0.3 is 10.3 Å². The van der Waals surface area contributed by atoms with Crippen LogP contribution in [-0.4, -0.2) is 42.7 Å². The van der Waals surface area contributed by atoms with Crippen LogP contribution < -0.4 is 5.32 Å². The van der Waals surface area contributed by atoms with Gasteiger partial charge in [0.2, 0.25) is 0 Å². The van der Waals surface area contributed by atoms with Gasteiger partial charge in [0.05, 0.1) is 23.8 Å². The number of amides is 1. The van der Waals surface area contributed by atoms with Crippen LogP contribution in [0.2, 0.25) is 0 Å². The molecule has 1 aliphatic carbocycles. The summed E-state index contributed by atoms with van der Waals surface area (Å²) in [4.78, 5) is 25.1. The molecular formula is C22H23FN6O. The lowest BCUT2D eigenvalue weighted by Gasteiger charge is -2.23. The second kappa shape index (κ2) is 6.90. The van der Waals surface area contributed by atoms with E-state index in [1.54, 1.807) is 4.52 Å². The maximum atomic E-state index is 13.8. The Labute approximate surface area is 172 Å². The molecule has 4 aromatic rings. The van der Waals surface area contributed by atoms with Gasteiger partial charge in [-0.25, -0.2) is 18.9 Å². The number of fused-ring (bicyclic) bond motifs is 2. The van der Waals surface area contributed by atoms with Crippen molar-refractivity contribution >= 4 is 22.5 Å². The molecule has 30 heavy (non-hydrogen) atoms. The lowest BCUT2D eigenvalue weighted by atomic mass is 9.85. The summed E-state index contributed by atoms with van der Waals surface area (Å²) in [5, 5.41) is 7.82. The highest BCUT2D eigenvalue weighted by Gasteiger charge is 2.23. The molecule has 1 fully saturated rings. The topological polar surface area (TPSA) is 88.0 Å². The van der Waals surface area contributed by atoms with Crippen molar-refractivity contribution in [3.8, 4) is 11.1 Å². The Hall–Kier alpha value is -3.29. The van der Waals surface area contributed by atoms with E-state index >= 15 is 0 Å². The number of pyridine rings is 1. The quantitative estimate of drug-likeness (QED) is 0.524. The molecule has 0 aromatic carbocycles. The standard InChI is InChI=1S/C22H23FN6O/c1-22(2,23)12-26-21(30)17-11-27-29-7-6-14(8-18(17)29)15-9-25-20-16(15)10-24-19(28-20)13-4-3-5-13/h6-11,13H,3-5,12H2,1-2H3,(H,26,30)(H,24,25,28). The third-order valence-electron chi connectivity index (χ3n) is 5.67. The molecule has 4 aromatic heterocycles. The van der Waals surface area contributed by atoms with Gasteiger partial charge in [-0.1, -0.05) is 6.42 Å². The lowest BCUT2D eigenvalue weighted by Crippen LogP contribution is -2.35. The third kappa shape index (κ3) is 3.32. The second-order valence-corrected chi connectivity index (χ2v) is 8.53. The van der Waals surface area contributed by atoms with E-state index in [1.165, 1.54) is 26.5 Å². The van der Waals surface area contributed by atoms with E-state index in [4.69, 9.17) is 4.98 Å². The van der Waals surface area contributed by atoms with Gasteiger partial charge in [-0.3, -0.25) is 4.79 Å². The second-order valence-electron chi connectivity index (χ2n) is 8.53. The first-order valence-electron chi connectivity index (χ1n) is 10.2. The molecule has 1 saturated carbocycles. The molecule has 1 aliphatic rings. The minimum atomic E-state index is -1.48. The number of alkyl halides is 1. The third-order valence-corrected chi connectivity index (χ3v) is 5.67. The Morgan fingerprint density at radius 2 is 2.20 bits per heavy atom. The van der Waals surface area contributed by atoms with Crippen LogP contribution in [0.25, 0.3) is 27.7 Å². The molecule has 2 N–H and O–H groups in total. The first-order chi connectivity index (χ1) is 14.4. The van der Waals surface area contributed by atoms with Crippen molar-refractivity contribution < 1.29 is 9.18 Å². The first-order valence-corrected chi connectivity index (χ1v) is 10.2. The number of nitrogens with zero attached hydrogens (tertiary/aromatic N) is 4. The summed E-state index contributed by atoms with van der Waals surface area (Å²) in [5.74, 6) is 1.03. The normalized spacial score (nSPS) is 14.9. The number of halogens is 1. The summed E-state index contributed by atoms with van der Waals surface area (Å²) >= 11 is 0. The van der Waals surface area contributed by atoms with Gasteiger partial charge in [0.15, 0.2) is 0 Å². The molecule has 1 amide bonds. The van der Waals surface area contributed by atoms with Crippen LogP contribution >= 0.6 is 0 Å². The molecule has 7 nitrogen and oxygen atoms in total. The van der Waals surface area contributed by atoms with Crippen LogP contribution in [0, 0.1) is 0 Å². The molecule has 0 radical (unpaired) electrons. The van der Waals surface area contributed by atoms with Gasteiger partial charge in [0.25, 0.3) is 5.91 Å². The van der Waals surface area contributed by atoms with E-state index in [1.807, 2.05) is 30.7 Å². The predicted molar refractivity (Wildman–Crippen MR) is 112 cm³/mol. The fourth-order valence-electron chi connectivity index (χ4n) is 3.73. The van der Waals surface area contributed by atoms with Crippen LogP contribution in [0.5, 0.6) is 0 Å². The Balaban J connectivity index is 1.49. The van der Waals surface area contributed by atoms with Crippen molar-refractivity contribution in [1.29, 1.82) is 0 Å². The SMILES string of the molecule is CC(C)(F)CNC(=O)c1cnn2ccc(-c3c[nH]c4nc(C5CCC5)ncc34)cc12. The van der Waals surface area contributed by atoms with E-state index in [2.05, 4.69) is 20.4 Å². The molecule has 8 heteroatoms. The molecule has 0 atom stereocenters. The highest BCUT2D eigenvalue weighted by Crippen LogP contribution is 2.36. The Morgan fingerprint density at radius 3 is 2.93 bits per heavy atom. The van der Waals surface area contributed by atoms with Crippen molar-refractivity contribution in [3.63, 3.8) is 0 Å². The van der Waals surface area contributed by atoms with E-state index in [0.717, 1.165) is 40.8 Å². The largest absolute Gasteiger partial charge is 0.349 e. The molecule has 0 aliphatic heterocycles. The summed E-state index contributed by atoms with van der Waals surface area (Å²) in [6, 6.07) is 3.85. The molecule has 0 spiro atoms. The Morgan fingerprint density at radius 1 is 1.37 bits per heavy atom. The van der Waals surface area contributed by atoms with Crippen molar-refractivity contribution in [2.45, 2.75) is 44.7 Å². The summed E-state index contributed by atoms with van der Waals surface area (Å²) < 4.78 is 15.4. The smallest absolute Gasteiger partial charge is 0.255 e. The number of H-pyrrole nitrogens is 1. The van der Waals surface area contributed by atoms with E-state index in [0.29, 0.717) is 17.0 Å². The monoisotopic (exact) mass is 406 g/mol. The number of carbonyl (C=O) groups is 1. The van der Waals surface area contributed by atoms with Crippen LogP contribution in [0.3, 0.4) is 0 Å². The molecule has 0 bridgehead atoms. The molecule has 154 valence electrons. The number of hydrogen-bond acceptors (Lipinski definition) is 4. The zero-order chi connectivity index (χ0) is 20.9. The minimum Gasteiger partial charge on any atom is -0.349 e. The highest BCUT2D eigenvalue weighted by molar-refractivity contribution is 6.02. The molecule has 0 saturated heterocycles. The minimum absolute atomic E-state index is 0.0635. The van der Waals surface area contributed by atoms with Crippen LogP contribution in [0.1, 0.15) is 55.2 Å². The number of nitrogens with one attached hydrogen (secondary N) is 2. The van der Waals surface area contributed by atoms with Crippen LogP contribution in [0.4, 0.5) is 4.39 Å². The van der Waals surface area contributed by atoms with Gasteiger partial charge in [-0.05, 0) is 44.4 Å². The van der Waals surface area contributed by atoms with Gasteiger partial charge in [0, 0.05) is 35.5 Å². The van der Waals surface area contributed by atoms with E-state index in [-0.39, 0.29) is 12.5 Å². The highest BCUT2D eigenvalue weighted by atomic mass is 19.1. The number of hydrogen-bond donors (Lipinski definition) is 2. The van der Waals surface area contributed by atoms with Crippen LogP contribution in [-0.2, 0) is 0 Å². The number of aromatic amines is 1. The van der Waals surface area contributed by atoms with Gasteiger partial charge in [-0.15, -0.1) is 0 Å². The zero-order valence-corrected chi connectivity index (χ0v) is 16.9. The zero-order valence-electron chi connectivity index (χ0n) is 16.9. The van der Waals surface area contributed by atoms with E-state index < -0.39 is 5.67 Å². The fraction of sp³-hybridized carbons (Fsp3) is 0.364. The molecule has 0 unspecified atom stereocenters. The number of rotatable bonds is 5. The molecule has 5 rings (SSSR count). The van der Waals surface area contributed by atoms with Crippen LogP contribution in [0.15, 0.2) is 36.9 Å². The Bertz CT molecular complexity index is 1250.